The number of hydrogen-bond acceptors (Lipinski definition) is 4. The summed E-state index contributed by atoms with van der Waals surface area (Å²) in [4.78, 5) is 3.80. The lowest BCUT2D eigenvalue weighted by molar-refractivity contribution is 0.309. The molecule has 3 rings (SSSR count). The van der Waals surface area contributed by atoms with Crippen molar-refractivity contribution in [2.45, 2.75) is 6.92 Å². The van der Waals surface area contributed by atoms with Gasteiger partial charge < -0.3 is 20.5 Å². The average Bonchev–Trinajstić information content (AvgIpc) is 3.11. The number of aliphatic imine (C=N–C) groups is 1. The van der Waals surface area contributed by atoms with Gasteiger partial charge in [-0.3, -0.25) is 5.10 Å². The number of nitrogens with zero attached hydrogens (tertiary/aromatic N) is 3. The van der Waals surface area contributed by atoms with Crippen LogP contribution in [-0.4, -0.2) is 37.5 Å². The van der Waals surface area contributed by atoms with Gasteiger partial charge in [0.25, 0.3) is 0 Å². The summed E-state index contributed by atoms with van der Waals surface area (Å²) in [6.45, 7) is 1.45. The molecule has 0 spiro atoms. The van der Waals surface area contributed by atoms with E-state index in [1.54, 1.807) is 0 Å². The van der Waals surface area contributed by atoms with Crippen LogP contribution in [0.15, 0.2) is 35.5 Å². The Morgan fingerprint density at radius 2 is 2.16 bits per heavy atom. The van der Waals surface area contributed by atoms with Crippen LogP contribution >= 0.6 is 0 Å². The summed E-state index contributed by atoms with van der Waals surface area (Å²) in [6, 6.07) is 5.78. The molecule has 0 aliphatic heterocycles. The van der Waals surface area contributed by atoms with Crippen LogP contribution in [-0.2, 0) is 7.05 Å². The first-order valence-corrected chi connectivity index (χ1v) is 7.54. The predicted octanol–water partition coefficient (Wildman–Crippen LogP) is 1.89. The molecular formula is C17H18FN5O2. The maximum absolute atomic E-state index is 14.4. The number of rotatable bonds is 4. The number of aromatic amines is 1. The molecule has 25 heavy (non-hydrogen) atoms. The lowest BCUT2D eigenvalue weighted by Crippen LogP contribution is -2.16. The SMILES string of the molecule is Cc1ccn(C)c1-c1c(-c2ccc(O)cc2F)n[nH]c1C(N)=NCO. The van der Waals surface area contributed by atoms with E-state index in [1.165, 1.54) is 12.1 Å². The van der Waals surface area contributed by atoms with Gasteiger partial charge in [-0.05, 0) is 30.7 Å². The Morgan fingerprint density at radius 1 is 1.40 bits per heavy atom. The minimum absolute atomic E-state index is 0.0658. The Hall–Kier alpha value is -3.13. The Morgan fingerprint density at radius 3 is 2.76 bits per heavy atom. The molecule has 0 aliphatic rings. The van der Waals surface area contributed by atoms with E-state index in [0.29, 0.717) is 17.0 Å². The normalized spacial score (nSPS) is 11.9. The number of aryl methyl sites for hydroxylation is 2. The molecule has 5 N–H and O–H groups in total. The fourth-order valence-electron chi connectivity index (χ4n) is 2.83. The molecule has 0 saturated carbocycles. The molecule has 8 heteroatoms. The van der Waals surface area contributed by atoms with Crippen LogP contribution < -0.4 is 5.73 Å². The quantitative estimate of drug-likeness (QED) is 0.428. The predicted molar refractivity (Wildman–Crippen MR) is 92.6 cm³/mol. The number of amidine groups is 1. The molecule has 0 unspecified atom stereocenters. The molecule has 3 aromatic rings. The zero-order valence-electron chi connectivity index (χ0n) is 13.8. The van der Waals surface area contributed by atoms with Crippen molar-refractivity contribution in [1.29, 1.82) is 0 Å². The number of nitrogens with two attached hydrogens (primary N) is 1. The van der Waals surface area contributed by atoms with Crippen LogP contribution in [0.2, 0.25) is 0 Å². The van der Waals surface area contributed by atoms with E-state index in [-0.39, 0.29) is 17.1 Å². The summed E-state index contributed by atoms with van der Waals surface area (Å²) in [5, 5.41) is 25.5. The smallest absolute Gasteiger partial charge is 0.147 e. The number of hydrogen-bond donors (Lipinski definition) is 4. The zero-order valence-corrected chi connectivity index (χ0v) is 13.8. The van der Waals surface area contributed by atoms with E-state index in [2.05, 4.69) is 15.2 Å². The molecule has 2 aromatic heterocycles. The number of aliphatic hydroxyl groups excluding tert-OH is 1. The molecular weight excluding hydrogens is 325 g/mol. The largest absolute Gasteiger partial charge is 0.508 e. The summed E-state index contributed by atoms with van der Waals surface area (Å²) in [5.41, 5.74) is 9.20. The maximum Gasteiger partial charge on any atom is 0.147 e. The second-order valence-corrected chi connectivity index (χ2v) is 5.63. The van der Waals surface area contributed by atoms with Gasteiger partial charge in [0.2, 0.25) is 0 Å². The van der Waals surface area contributed by atoms with E-state index in [9.17, 15) is 9.50 Å². The number of aliphatic hydroxyl groups is 1. The van der Waals surface area contributed by atoms with Crippen LogP contribution in [0.5, 0.6) is 5.75 Å². The van der Waals surface area contributed by atoms with Crippen LogP contribution in [0.4, 0.5) is 4.39 Å². The highest BCUT2D eigenvalue weighted by Gasteiger charge is 2.24. The highest BCUT2D eigenvalue weighted by atomic mass is 19.1. The Bertz CT molecular complexity index is 939. The topological polar surface area (TPSA) is 112 Å². The van der Waals surface area contributed by atoms with Gasteiger partial charge in [0.1, 0.15) is 35.5 Å². The van der Waals surface area contributed by atoms with Crippen molar-refractivity contribution >= 4 is 5.84 Å². The molecule has 0 fully saturated rings. The van der Waals surface area contributed by atoms with E-state index in [1.807, 2.05) is 30.8 Å². The summed E-state index contributed by atoms with van der Waals surface area (Å²) < 4.78 is 16.3. The maximum atomic E-state index is 14.4. The van der Waals surface area contributed by atoms with Crippen molar-refractivity contribution in [3.63, 3.8) is 0 Å². The Balaban J connectivity index is 2.32. The van der Waals surface area contributed by atoms with Crippen molar-refractivity contribution in [3.8, 4) is 28.3 Å². The van der Waals surface area contributed by atoms with Crippen LogP contribution in [0.3, 0.4) is 0 Å². The number of aromatic hydroxyl groups is 1. The first kappa shape index (κ1) is 16.7. The molecule has 130 valence electrons. The minimum atomic E-state index is -0.608. The Kier molecular flexibility index (Phi) is 4.28. The lowest BCUT2D eigenvalue weighted by atomic mass is 10.00. The molecule has 0 bridgehead atoms. The molecule has 0 aliphatic carbocycles. The first-order chi connectivity index (χ1) is 11.9. The van der Waals surface area contributed by atoms with Gasteiger partial charge in [-0.1, -0.05) is 0 Å². The second kappa shape index (κ2) is 6.40. The minimum Gasteiger partial charge on any atom is -0.508 e. The second-order valence-electron chi connectivity index (χ2n) is 5.63. The van der Waals surface area contributed by atoms with Crippen LogP contribution in [0.1, 0.15) is 11.3 Å². The van der Waals surface area contributed by atoms with Crippen molar-refractivity contribution in [1.82, 2.24) is 14.8 Å². The van der Waals surface area contributed by atoms with Crippen LogP contribution in [0, 0.1) is 12.7 Å². The number of aromatic nitrogens is 3. The number of H-pyrrole nitrogens is 1. The summed E-state index contributed by atoms with van der Waals surface area (Å²) in [6.07, 6.45) is 1.87. The summed E-state index contributed by atoms with van der Waals surface area (Å²) >= 11 is 0. The first-order valence-electron chi connectivity index (χ1n) is 7.54. The van der Waals surface area contributed by atoms with Gasteiger partial charge in [0.05, 0.1) is 11.3 Å². The highest BCUT2D eigenvalue weighted by Crippen LogP contribution is 2.37. The van der Waals surface area contributed by atoms with Crippen molar-refractivity contribution in [2.75, 3.05) is 6.73 Å². The summed E-state index contributed by atoms with van der Waals surface area (Å²) in [5.74, 6) is -0.713. The van der Waals surface area contributed by atoms with Crippen molar-refractivity contribution in [3.05, 3.63) is 47.5 Å². The number of halogens is 1. The number of benzene rings is 1. The van der Waals surface area contributed by atoms with Crippen molar-refractivity contribution in [2.24, 2.45) is 17.8 Å². The van der Waals surface area contributed by atoms with Crippen molar-refractivity contribution < 1.29 is 14.6 Å². The van der Waals surface area contributed by atoms with Gasteiger partial charge in [-0.25, -0.2) is 9.38 Å². The molecule has 2 heterocycles. The van der Waals surface area contributed by atoms with E-state index in [0.717, 1.165) is 17.3 Å². The molecule has 0 radical (unpaired) electrons. The molecule has 1 aromatic carbocycles. The lowest BCUT2D eigenvalue weighted by Gasteiger charge is -2.10. The van der Waals surface area contributed by atoms with Gasteiger partial charge in [0, 0.05) is 24.9 Å². The molecule has 0 saturated heterocycles. The van der Waals surface area contributed by atoms with E-state index >= 15 is 0 Å². The fraction of sp³-hybridized carbons (Fsp3) is 0.176. The van der Waals surface area contributed by atoms with Gasteiger partial charge >= 0.3 is 0 Å². The average molecular weight is 343 g/mol. The Labute approximate surface area is 143 Å². The number of phenols is 1. The fourth-order valence-corrected chi connectivity index (χ4v) is 2.83. The zero-order chi connectivity index (χ0) is 18.1. The monoisotopic (exact) mass is 343 g/mol. The third kappa shape index (κ3) is 2.87. The molecule has 7 nitrogen and oxygen atoms in total. The third-order valence-electron chi connectivity index (χ3n) is 3.98. The molecule has 0 atom stereocenters. The molecule has 0 amide bonds. The standard InChI is InChI=1S/C17H18FN5O2/c1-9-5-6-23(2)16(9)13-14(11-4-3-10(25)7-12(11)18)21-22-15(13)17(19)20-8-24/h3-7,24-25H,8H2,1-2H3,(H2,19,20)(H,21,22). The van der Waals surface area contributed by atoms with Gasteiger partial charge in [-0.2, -0.15) is 5.10 Å². The number of nitrogens with one attached hydrogen (secondary N) is 1. The van der Waals surface area contributed by atoms with Crippen LogP contribution in [0.25, 0.3) is 22.5 Å². The van der Waals surface area contributed by atoms with Gasteiger partial charge in [0.15, 0.2) is 0 Å². The van der Waals surface area contributed by atoms with E-state index in [4.69, 9.17) is 10.8 Å². The number of phenolic OH excluding ortho intramolecular Hbond substituents is 1. The van der Waals surface area contributed by atoms with E-state index < -0.39 is 12.5 Å². The third-order valence-corrected chi connectivity index (χ3v) is 3.98. The van der Waals surface area contributed by atoms with Gasteiger partial charge in [-0.15, -0.1) is 0 Å². The highest BCUT2D eigenvalue weighted by molar-refractivity contribution is 6.04. The summed E-state index contributed by atoms with van der Waals surface area (Å²) in [7, 11) is 1.86.